The van der Waals surface area contributed by atoms with Crippen LogP contribution >= 0.6 is 0 Å². The molecular weight excluding hydrogens is 384 g/mol. The van der Waals surface area contributed by atoms with Gasteiger partial charge in [-0.15, -0.1) is 0 Å². The molecule has 0 aliphatic carbocycles. The molecule has 1 saturated heterocycles. The smallest absolute Gasteiger partial charge is 0.220 e. The van der Waals surface area contributed by atoms with Crippen molar-refractivity contribution < 1.29 is 29.0 Å². The van der Waals surface area contributed by atoms with E-state index in [0.717, 1.165) is 22.3 Å². The number of ether oxygens (including phenoxy) is 2. The van der Waals surface area contributed by atoms with Crippen LogP contribution in [0.15, 0.2) is 48.5 Å². The maximum absolute atomic E-state index is 6.16. The Labute approximate surface area is 176 Å². The van der Waals surface area contributed by atoms with Gasteiger partial charge in [-0.05, 0) is 23.0 Å². The van der Waals surface area contributed by atoms with Gasteiger partial charge in [-0.3, -0.25) is 0 Å². The minimum Gasteiger partial charge on any atom is -0.313 e. The molecule has 0 spiro atoms. The number of hydrogen-bond donors (Lipinski definition) is 0. The standard InChI is InChI=1S/C24H28O6/c1-13(2)19-15-9-5-7-11-17(15)21-25-23(19)29-27-22-18-12-8-6-10-16(18)20(14(3)4)24(26-22)30-28-21/h5-14,19-24H,1-4H3/t19-,20-,21-,22-,23+,24+/m0/s1. The molecule has 2 aromatic rings. The van der Waals surface area contributed by atoms with E-state index in [4.69, 9.17) is 29.0 Å². The summed E-state index contributed by atoms with van der Waals surface area (Å²) in [5.74, 6) is 0.501. The van der Waals surface area contributed by atoms with Gasteiger partial charge < -0.3 is 9.47 Å². The van der Waals surface area contributed by atoms with E-state index in [9.17, 15) is 0 Å². The first-order chi connectivity index (χ1) is 14.5. The number of benzene rings is 2. The van der Waals surface area contributed by atoms with Crippen molar-refractivity contribution in [3.63, 3.8) is 0 Å². The van der Waals surface area contributed by atoms with Gasteiger partial charge in [0.25, 0.3) is 0 Å². The summed E-state index contributed by atoms with van der Waals surface area (Å²) in [6.45, 7) is 8.56. The second kappa shape index (κ2) is 8.04. The summed E-state index contributed by atoms with van der Waals surface area (Å²) >= 11 is 0. The lowest BCUT2D eigenvalue weighted by atomic mass is 9.83. The van der Waals surface area contributed by atoms with Crippen molar-refractivity contribution >= 4 is 0 Å². The van der Waals surface area contributed by atoms with Crippen LogP contribution in [0.1, 0.15) is 74.4 Å². The molecule has 0 saturated carbocycles. The van der Waals surface area contributed by atoms with Crippen LogP contribution in [0, 0.1) is 11.8 Å². The van der Waals surface area contributed by atoms with E-state index in [0.29, 0.717) is 0 Å². The van der Waals surface area contributed by atoms with E-state index in [1.54, 1.807) is 0 Å². The predicted molar refractivity (Wildman–Crippen MR) is 108 cm³/mol. The number of hydrogen-bond acceptors (Lipinski definition) is 6. The van der Waals surface area contributed by atoms with Gasteiger partial charge in [0.15, 0.2) is 0 Å². The maximum Gasteiger partial charge on any atom is 0.220 e. The zero-order chi connectivity index (χ0) is 20.8. The molecule has 30 heavy (non-hydrogen) atoms. The van der Waals surface area contributed by atoms with Gasteiger partial charge in [-0.2, -0.15) is 9.78 Å². The fourth-order valence-corrected chi connectivity index (χ4v) is 4.78. The molecule has 0 N–H and O–H groups in total. The predicted octanol–water partition coefficient (Wildman–Crippen LogP) is 5.49. The lowest BCUT2D eigenvalue weighted by Crippen LogP contribution is -2.42. The Balaban J connectivity index is 1.55. The largest absolute Gasteiger partial charge is 0.313 e. The summed E-state index contributed by atoms with van der Waals surface area (Å²) in [6.07, 6.45) is -2.75. The Hall–Kier alpha value is -1.80. The average molecular weight is 412 g/mol. The Morgan fingerprint density at radius 2 is 0.900 bits per heavy atom. The van der Waals surface area contributed by atoms with Crippen LogP contribution in [0.25, 0.3) is 0 Å². The molecule has 3 aliphatic heterocycles. The topological polar surface area (TPSA) is 55.4 Å². The maximum atomic E-state index is 6.16. The first-order valence-corrected chi connectivity index (χ1v) is 10.7. The molecule has 0 amide bonds. The van der Waals surface area contributed by atoms with Crippen molar-refractivity contribution in [1.82, 2.24) is 0 Å². The molecule has 3 heterocycles. The zero-order valence-corrected chi connectivity index (χ0v) is 17.7. The average Bonchev–Trinajstić information content (AvgIpc) is 2.74. The molecule has 1 fully saturated rings. The highest BCUT2D eigenvalue weighted by Crippen LogP contribution is 2.47. The van der Waals surface area contributed by atoms with Crippen LogP contribution in [-0.4, -0.2) is 12.6 Å². The SMILES string of the molecule is CC(C)[C@H]1c2ccccc2[C@@H]2OO[C@H]3O[C@@H](OO[C@H]1O2)c1ccccc1[C@@H]3C(C)C. The molecule has 0 radical (unpaired) electrons. The highest BCUT2D eigenvalue weighted by atomic mass is 17.3. The van der Waals surface area contributed by atoms with E-state index in [1.165, 1.54) is 0 Å². The van der Waals surface area contributed by atoms with Gasteiger partial charge in [-0.25, -0.2) is 9.78 Å². The van der Waals surface area contributed by atoms with Crippen molar-refractivity contribution in [1.29, 1.82) is 0 Å². The van der Waals surface area contributed by atoms with E-state index in [1.807, 2.05) is 36.4 Å². The van der Waals surface area contributed by atoms with Crippen LogP contribution < -0.4 is 0 Å². The summed E-state index contributed by atoms with van der Waals surface area (Å²) in [5.41, 5.74) is 4.11. The highest BCUT2D eigenvalue weighted by Gasteiger charge is 2.45. The van der Waals surface area contributed by atoms with Crippen LogP contribution in [-0.2, 0) is 29.0 Å². The molecule has 160 valence electrons. The van der Waals surface area contributed by atoms with Crippen molar-refractivity contribution in [2.75, 3.05) is 0 Å². The van der Waals surface area contributed by atoms with E-state index >= 15 is 0 Å². The van der Waals surface area contributed by atoms with Gasteiger partial charge in [-0.1, -0.05) is 76.2 Å². The van der Waals surface area contributed by atoms with Crippen LogP contribution in [0.5, 0.6) is 0 Å². The van der Waals surface area contributed by atoms with E-state index in [2.05, 4.69) is 39.8 Å². The minimum absolute atomic E-state index is 0.0153. The first-order valence-electron chi connectivity index (χ1n) is 10.7. The lowest BCUT2D eigenvalue weighted by molar-refractivity contribution is -0.539. The molecule has 4 bridgehead atoms. The molecule has 6 nitrogen and oxygen atoms in total. The van der Waals surface area contributed by atoms with Gasteiger partial charge >= 0.3 is 0 Å². The normalized spacial score (nSPS) is 33.1. The van der Waals surface area contributed by atoms with Gasteiger partial charge in [0.05, 0.1) is 0 Å². The van der Waals surface area contributed by atoms with E-state index < -0.39 is 25.2 Å². The molecule has 5 rings (SSSR count). The van der Waals surface area contributed by atoms with Crippen LogP contribution in [0.4, 0.5) is 0 Å². The second-order valence-corrected chi connectivity index (χ2v) is 8.86. The second-order valence-electron chi connectivity index (χ2n) is 8.86. The number of rotatable bonds is 2. The minimum atomic E-state index is -0.727. The van der Waals surface area contributed by atoms with Crippen LogP contribution in [0.2, 0.25) is 0 Å². The highest BCUT2D eigenvalue weighted by molar-refractivity contribution is 5.35. The summed E-state index contributed by atoms with van der Waals surface area (Å²) in [4.78, 5) is 23.4. The molecule has 6 heteroatoms. The first kappa shape index (κ1) is 20.1. The Morgan fingerprint density at radius 3 is 1.27 bits per heavy atom. The van der Waals surface area contributed by atoms with Crippen molar-refractivity contribution in [2.45, 2.75) is 64.7 Å². The molecule has 2 aromatic carbocycles. The van der Waals surface area contributed by atoms with Gasteiger partial charge in [0.1, 0.15) is 0 Å². The molecule has 0 unspecified atom stereocenters. The van der Waals surface area contributed by atoms with Crippen LogP contribution in [0.3, 0.4) is 0 Å². The Morgan fingerprint density at radius 1 is 0.533 bits per heavy atom. The molecule has 0 aromatic heterocycles. The van der Waals surface area contributed by atoms with Gasteiger partial charge in [0, 0.05) is 23.0 Å². The lowest BCUT2D eigenvalue weighted by Gasteiger charge is -2.43. The Bertz CT molecular complexity index is 823. The van der Waals surface area contributed by atoms with Crippen molar-refractivity contribution in [3.8, 4) is 0 Å². The fourth-order valence-electron chi connectivity index (χ4n) is 4.78. The summed E-state index contributed by atoms with van der Waals surface area (Å²) in [6, 6.07) is 16.2. The number of fused-ring (bicyclic) bond motifs is 8. The van der Waals surface area contributed by atoms with E-state index in [-0.39, 0.29) is 23.7 Å². The third kappa shape index (κ3) is 3.38. The fraction of sp³-hybridized carbons (Fsp3) is 0.500. The van der Waals surface area contributed by atoms with Crippen molar-refractivity contribution in [3.05, 3.63) is 70.8 Å². The molecule has 6 atom stereocenters. The summed E-state index contributed by atoms with van der Waals surface area (Å²) in [7, 11) is 0. The third-order valence-electron chi connectivity index (χ3n) is 6.23. The molecular formula is C24H28O6. The zero-order valence-electron chi connectivity index (χ0n) is 17.7. The van der Waals surface area contributed by atoms with Crippen molar-refractivity contribution in [2.24, 2.45) is 11.8 Å². The third-order valence-corrected chi connectivity index (χ3v) is 6.23. The Kier molecular flexibility index (Phi) is 5.39. The quantitative estimate of drug-likeness (QED) is 0.609. The van der Waals surface area contributed by atoms with Gasteiger partial charge in [0.2, 0.25) is 25.2 Å². The summed E-state index contributed by atoms with van der Waals surface area (Å²) < 4.78 is 12.3. The monoisotopic (exact) mass is 412 g/mol. The summed E-state index contributed by atoms with van der Waals surface area (Å²) in [5, 5.41) is 0. The molecule has 3 aliphatic rings.